The Morgan fingerprint density at radius 1 is 1.12 bits per heavy atom. The first-order chi connectivity index (χ1) is 15.6. The van der Waals surface area contributed by atoms with Gasteiger partial charge in [-0.25, -0.2) is 4.98 Å². The van der Waals surface area contributed by atoms with Crippen LogP contribution in [0, 0.1) is 6.92 Å². The maximum absolute atomic E-state index is 13.3. The summed E-state index contributed by atoms with van der Waals surface area (Å²) < 4.78 is 13.0. The molecular weight excluding hydrogens is 444 g/mol. The van der Waals surface area contributed by atoms with Crippen molar-refractivity contribution in [2.24, 2.45) is 0 Å². The molecule has 0 saturated carbocycles. The molecule has 5 rings (SSSR count). The van der Waals surface area contributed by atoms with E-state index < -0.39 is 0 Å². The quantitative estimate of drug-likeness (QED) is 0.256. The summed E-state index contributed by atoms with van der Waals surface area (Å²) in [5, 5.41) is 6.52. The molecule has 0 bridgehead atoms. The average molecular weight is 463 g/mol. The Morgan fingerprint density at radius 2 is 2.00 bits per heavy atom. The summed E-state index contributed by atoms with van der Waals surface area (Å²) in [6.45, 7) is 2.02. The van der Waals surface area contributed by atoms with Crippen molar-refractivity contribution >= 4 is 33.3 Å². The molecule has 0 aliphatic rings. The van der Waals surface area contributed by atoms with Crippen LogP contribution in [0.4, 0.5) is 0 Å². The van der Waals surface area contributed by atoms with E-state index in [4.69, 9.17) is 14.2 Å². The van der Waals surface area contributed by atoms with Gasteiger partial charge in [-0.1, -0.05) is 46.7 Å². The number of rotatable bonds is 6. The second kappa shape index (κ2) is 8.60. The van der Waals surface area contributed by atoms with Gasteiger partial charge < -0.3 is 9.26 Å². The van der Waals surface area contributed by atoms with E-state index in [0.29, 0.717) is 44.3 Å². The molecule has 7 nitrogen and oxygen atoms in total. The number of thiophene rings is 1. The molecule has 0 N–H and O–H groups in total. The van der Waals surface area contributed by atoms with Gasteiger partial charge in [0.15, 0.2) is 5.16 Å². The fourth-order valence-corrected chi connectivity index (χ4v) is 4.92. The number of aryl methyl sites for hydroxylation is 1. The number of ether oxygens (including phenoxy) is 1. The molecule has 9 heteroatoms. The molecule has 3 aromatic heterocycles. The predicted molar refractivity (Wildman–Crippen MR) is 126 cm³/mol. The monoisotopic (exact) mass is 462 g/mol. The molecule has 0 aliphatic carbocycles. The highest BCUT2D eigenvalue weighted by Gasteiger charge is 2.17. The molecule has 3 heterocycles. The van der Waals surface area contributed by atoms with Crippen molar-refractivity contribution in [3.05, 3.63) is 81.8 Å². The zero-order chi connectivity index (χ0) is 22.1. The summed E-state index contributed by atoms with van der Waals surface area (Å²) in [5.41, 5.74) is 3.26. The maximum atomic E-state index is 13.3. The van der Waals surface area contributed by atoms with E-state index in [-0.39, 0.29) is 5.56 Å². The third-order valence-electron chi connectivity index (χ3n) is 4.83. The Labute approximate surface area is 191 Å². The smallest absolute Gasteiger partial charge is 0.276 e. The third kappa shape index (κ3) is 3.92. The molecule has 0 unspecified atom stereocenters. The number of hydrogen-bond acceptors (Lipinski definition) is 8. The number of methoxy groups -OCH3 is 1. The van der Waals surface area contributed by atoms with Gasteiger partial charge in [0.05, 0.1) is 24.1 Å². The number of benzene rings is 2. The lowest BCUT2D eigenvalue weighted by Gasteiger charge is -2.12. The maximum Gasteiger partial charge on any atom is 0.276 e. The van der Waals surface area contributed by atoms with E-state index in [1.807, 2.05) is 66.9 Å². The summed E-state index contributed by atoms with van der Waals surface area (Å²) in [4.78, 5) is 22.5. The van der Waals surface area contributed by atoms with Crippen LogP contribution < -0.4 is 10.3 Å². The lowest BCUT2D eigenvalue weighted by atomic mass is 10.1. The first kappa shape index (κ1) is 20.5. The normalized spacial score (nSPS) is 11.2. The standard InChI is InChI=1S/C23H18N4O3S2/c1-14-5-3-6-15(11-14)21-25-19(30-26-21)13-32-23-24-18-9-10-31-20(18)22(28)27(23)16-7-4-8-17(12-16)29-2/h3-12H,13H2,1-2H3. The molecule has 0 radical (unpaired) electrons. The predicted octanol–water partition coefficient (Wildman–Crippen LogP) is 5.11. The zero-order valence-corrected chi connectivity index (χ0v) is 18.9. The van der Waals surface area contributed by atoms with E-state index in [9.17, 15) is 4.79 Å². The van der Waals surface area contributed by atoms with Crippen LogP contribution in [0.2, 0.25) is 0 Å². The van der Waals surface area contributed by atoms with Crippen molar-refractivity contribution in [3.63, 3.8) is 0 Å². The molecule has 0 saturated heterocycles. The van der Waals surface area contributed by atoms with Gasteiger partial charge >= 0.3 is 0 Å². The Kier molecular flexibility index (Phi) is 5.50. The van der Waals surface area contributed by atoms with Gasteiger partial charge in [-0.3, -0.25) is 9.36 Å². The topological polar surface area (TPSA) is 83.0 Å². The number of hydrogen-bond donors (Lipinski definition) is 0. The van der Waals surface area contributed by atoms with Crippen molar-refractivity contribution in [2.45, 2.75) is 17.8 Å². The minimum atomic E-state index is -0.119. The second-order valence-electron chi connectivity index (χ2n) is 7.04. The SMILES string of the molecule is COc1cccc(-n2c(SCc3nc(-c4cccc(C)c4)no3)nc3ccsc3c2=O)c1. The highest BCUT2D eigenvalue weighted by Crippen LogP contribution is 2.28. The molecular formula is C23H18N4O3S2. The minimum Gasteiger partial charge on any atom is -0.497 e. The van der Waals surface area contributed by atoms with Crippen LogP contribution in [0.15, 0.2) is 74.5 Å². The Bertz CT molecular complexity index is 1470. The van der Waals surface area contributed by atoms with Gasteiger partial charge in [0.1, 0.15) is 10.4 Å². The van der Waals surface area contributed by atoms with E-state index in [2.05, 4.69) is 10.1 Å². The minimum absolute atomic E-state index is 0.119. The average Bonchev–Trinajstić information content (AvgIpc) is 3.47. The van der Waals surface area contributed by atoms with E-state index in [1.165, 1.54) is 23.1 Å². The number of nitrogens with zero attached hydrogens (tertiary/aromatic N) is 4. The highest BCUT2D eigenvalue weighted by molar-refractivity contribution is 7.98. The van der Waals surface area contributed by atoms with Gasteiger partial charge in [0, 0.05) is 11.6 Å². The molecule has 0 atom stereocenters. The summed E-state index contributed by atoms with van der Waals surface area (Å²) >= 11 is 2.75. The number of fused-ring (bicyclic) bond motifs is 1. The fraction of sp³-hybridized carbons (Fsp3) is 0.130. The highest BCUT2D eigenvalue weighted by atomic mass is 32.2. The van der Waals surface area contributed by atoms with Crippen LogP contribution >= 0.6 is 23.1 Å². The van der Waals surface area contributed by atoms with Crippen molar-refractivity contribution in [3.8, 4) is 22.8 Å². The van der Waals surface area contributed by atoms with Crippen LogP contribution in [-0.2, 0) is 5.75 Å². The van der Waals surface area contributed by atoms with Crippen molar-refractivity contribution in [1.29, 1.82) is 0 Å². The first-order valence-corrected chi connectivity index (χ1v) is 11.7. The van der Waals surface area contributed by atoms with Gasteiger partial charge in [-0.05, 0) is 36.6 Å². The lowest BCUT2D eigenvalue weighted by molar-refractivity contribution is 0.391. The van der Waals surface area contributed by atoms with Crippen LogP contribution in [0.3, 0.4) is 0 Å². The fourth-order valence-electron chi connectivity index (χ4n) is 3.31. The molecule has 5 aromatic rings. The summed E-state index contributed by atoms with van der Waals surface area (Å²) in [6.07, 6.45) is 0. The molecule has 160 valence electrons. The van der Waals surface area contributed by atoms with Gasteiger partial charge in [0.25, 0.3) is 5.56 Å². The largest absolute Gasteiger partial charge is 0.497 e. The van der Waals surface area contributed by atoms with Gasteiger partial charge in [-0.2, -0.15) is 4.98 Å². The lowest BCUT2D eigenvalue weighted by Crippen LogP contribution is -2.20. The van der Waals surface area contributed by atoms with Crippen molar-refractivity contribution in [2.75, 3.05) is 7.11 Å². The zero-order valence-electron chi connectivity index (χ0n) is 17.3. The molecule has 2 aromatic carbocycles. The summed E-state index contributed by atoms with van der Waals surface area (Å²) in [5.74, 6) is 2.04. The number of aromatic nitrogens is 4. The van der Waals surface area contributed by atoms with Gasteiger partial charge in [-0.15, -0.1) is 11.3 Å². The third-order valence-corrected chi connectivity index (χ3v) is 6.64. The molecule has 0 aliphatic heterocycles. The molecule has 0 amide bonds. The van der Waals surface area contributed by atoms with Crippen LogP contribution in [-0.4, -0.2) is 26.8 Å². The van der Waals surface area contributed by atoms with Crippen LogP contribution in [0.1, 0.15) is 11.5 Å². The van der Waals surface area contributed by atoms with Gasteiger partial charge in [0.2, 0.25) is 11.7 Å². The van der Waals surface area contributed by atoms with E-state index in [1.54, 1.807) is 11.7 Å². The second-order valence-corrected chi connectivity index (χ2v) is 8.90. The first-order valence-electron chi connectivity index (χ1n) is 9.79. The number of thioether (sulfide) groups is 1. The van der Waals surface area contributed by atoms with Crippen molar-refractivity contribution < 1.29 is 9.26 Å². The van der Waals surface area contributed by atoms with Crippen molar-refractivity contribution in [1.82, 2.24) is 19.7 Å². The van der Waals surface area contributed by atoms with Crippen LogP contribution in [0.25, 0.3) is 27.3 Å². The van der Waals surface area contributed by atoms with E-state index >= 15 is 0 Å². The molecule has 0 spiro atoms. The van der Waals surface area contributed by atoms with Crippen LogP contribution in [0.5, 0.6) is 5.75 Å². The Hall–Kier alpha value is -3.43. The molecule has 0 fully saturated rings. The Balaban J connectivity index is 1.50. The Morgan fingerprint density at radius 3 is 2.84 bits per heavy atom. The molecule has 32 heavy (non-hydrogen) atoms. The summed E-state index contributed by atoms with van der Waals surface area (Å²) in [6, 6.07) is 17.1. The summed E-state index contributed by atoms with van der Waals surface area (Å²) in [7, 11) is 1.60. The van der Waals surface area contributed by atoms with E-state index in [0.717, 1.165) is 11.1 Å².